The maximum absolute atomic E-state index is 12.5. The largest absolute Gasteiger partial charge is 0.493 e. The molecular formula is C17H24ClNO3. The number of carbonyl (C=O) groups excluding carboxylic acids is 1. The van der Waals surface area contributed by atoms with E-state index in [-0.39, 0.29) is 11.9 Å². The lowest BCUT2D eigenvalue weighted by atomic mass is 9.86. The molecule has 0 bridgehead atoms. The molecule has 0 unspecified atom stereocenters. The Hall–Kier alpha value is -1.42. The fraction of sp³-hybridized carbons (Fsp3) is 0.588. The molecule has 1 amide bonds. The predicted molar refractivity (Wildman–Crippen MR) is 88.1 cm³/mol. The molecule has 1 aliphatic rings. The molecule has 2 rings (SSSR count). The van der Waals surface area contributed by atoms with E-state index in [2.05, 4.69) is 12.2 Å². The number of nitrogens with one attached hydrogen (secondary N) is 1. The van der Waals surface area contributed by atoms with Gasteiger partial charge < -0.3 is 14.8 Å². The molecule has 122 valence electrons. The summed E-state index contributed by atoms with van der Waals surface area (Å²) in [6.45, 7) is 4.55. The average Bonchev–Trinajstić information content (AvgIpc) is 2.51. The molecule has 0 aromatic heterocycles. The molecule has 0 aliphatic heterocycles. The van der Waals surface area contributed by atoms with E-state index in [0.29, 0.717) is 34.6 Å². The Morgan fingerprint density at radius 3 is 2.73 bits per heavy atom. The number of rotatable bonds is 5. The molecule has 2 atom stereocenters. The molecule has 1 aliphatic carbocycles. The van der Waals surface area contributed by atoms with Gasteiger partial charge in [-0.25, -0.2) is 0 Å². The van der Waals surface area contributed by atoms with Crippen LogP contribution in [0.2, 0.25) is 5.02 Å². The Balaban J connectivity index is 2.17. The van der Waals surface area contributed by atoms with Crippen molar-refractivity contribution >= 4 is 17.5 Å². The molecule has 1 fully saturated rings. The van der Waals surface area contributed by atoms with Gasteiger partial charge in [0.15, 0.2) is 11.5 Å². The zero-order valence-electron chi connectivity index (χ0n) is 13.4. The van der Waals surface area contributed by atoms with Crippen molar-refractivity contribution in [1.29, 1.82) is 0 Å². The quantitative estimate of drug-likeness (QED) is 0.888. The summed E-state index contributed by atoms with van der Waals surface area (Å²) < 4.78 is 10.8. The van der Waals surface area contributed by atoms with E-state index >= 15 is 0 Å². The van der Waals surface area contributed by atoms with E-state index in [9.17, 15) is 4.79 Å². The first-order chi connectivity index (χ1) is 10.6. The van der Waals surface area contributed by atoms with E-state index < -0.39 is 0 Å². The van der Waals surface area contributed by atoms with Crippen molar-refractivity contribution in [2.24, 2.45) is 5.92 Å². The smallest absolute Gasteiger partial charge is 0.251 e. The molecule has 1 saturated carbocycles. The lowest BCUT2D eigenvalue weighted by Crippen LogP contribution is -2.41. The van der Waals surface area contributed by atoms with Gasteiger partial charge in [0.2, 0.25) is 0 Å². The van der Waals surface area contributed by atoms with Crippen molar-refractivity contribution in [1.82, 2.24) is 5.32 Å². The minimum atomic E-state index is -0.109. The van der Waals surface area contributed by atoms with Gasteiger partial charge in [0, 0.05) is 11.6 Å². The predicted octanol–water partition coefficient (Wildman–Crippen LogP) is 4.06. The normalized spacial score (nSPS) is 21.3. The van der Waals surface area contributed by atoms with Crippen LogP contribution in [0.1, 0.15) is 49.9 Å². The second kappa shape index (κ2) is 7.73. The van der Waals surface area contributed by atoms with Crippen LogP contribution < -0.4 is 14.8 Å². The Bertz CT molecular complexity index is 533. The molecule has 1 aromatic rings. The average molecular weight is 326 g/mol. The number of hydrogen-bond acceptors (Lipinski definition) is 3. The molecule has 1 aromatic carbocycles. The van der Waals surface area contributed by atoms with E-state index in [1.807, 2.05) is 6.92 Å². The Kier molecular flexibility index (Phi) is 5.95. The highest BCUT2D eigenvalue weighted by Crippen LogP contribution is 2.36. The molecule has 4 nitrogen and oxygen atoms in total. The highest BCUT2D eigenvalue weighted by atomic mass is 35.5. The molecule has 1 N–H and O–H groups in total. The molecule has 0 spiro atoms. The number of methoxy groups -OCH3 is 1. The number of amides is 1. The fourth-order valence-corrected chi connectivity index (χ4v) is 3.18. The minimum absolute atomic E-state index is 0.109. The number of halogens is 1. The lowest BCUT2D eigenvalue weighted by Gasteiger charge is -2.29. The van der Waals surface area contributed by atoms with Gasteiger partial charge in [0.25, 0.3) is 5.91 Å². The van der Waals surface area contributed by atoms with Gasteiger partial charge in [-0.2, -0.15) is 0 Å². The van der Waals surface area contributed by atoms with Gasteiger partial charge in [-0.3, -0.25) is 4.79 Å². The van der Waals surface area contributed by atoms with Crippen molar-refractivity contribution in [2.75, 3.05) is 13.7 Å². The van der Waals surface area contributed by atoms with Crippen LogP contribution >= 0.6 is 11.6 Å². The van der Waals surface area contributed by atoms with E-state index in [0.717, 1.165) is 12.8 Å². The second-order valence-corrected chi connectivity index (χ2v) is 6.17. The Morgan fingerprint density at radius 1 is 1.36 bits per heavy atom. The zero-order valence-corrected chi connectivity index (χ0v) is 14.2. The van der Waals surface area contributed by atoms with Crippen molar-refractivity contribution in [2.45, 2.75) is 45.6 Å². The van der Waals surface area contributed by atoms with Crippen molar-refractivity contribution in [3.63, 3.8) is 0 Å². The number of hydrogen-bond donors (Lipinski definition) is 1. The van der Waals surface area contributed by atoms with Crippen LogP contribution in [-0.2, 0) is 0 Å². The molecule has 0 saturated heterocycles. The third kappa shape index (κ3) is 3.86. The maximum atomic E-state index is 12.5. The minimum Gasteiger partial charge on any atom is -0.493 e. The summed E-state index contributed by atoms with van der Waals surface area (Å²) >= 11 is 6.22. The molecular weight excluding hydrogens is 302 g/mol. The molecule has 0 heterocycles. The molecule has 5 heteroatoms. The highest BCUT2D eigenvalue weighted by molar-refractivity contribution is 6.32. The number of ether oxygens (including phenoxy) is 2. The summed E-state index contributed by atoms with van der Waals surface area (Å²) in [4.78, 5) is 12.5. The van der Waals surface area contributed by atoms with Crippen molar-refractivity contribution < 1.29 is 14.3 Å². The van der Waals surface area contributed by atoms with Crippen LogP contribution in [0.5, 0.6) is 11.5 Å². The van der Waals surface area contributed by atoms with Crippen LogP contribution in [0.4, 0.5) is 0 Å². The van der Waals surface area contributed by atoms with Gasteiger partial charge in [0.05, 0.1) is 18.7 Å². The number of benzene rings is 1. The Labute approximate surface area is 137 Å². The summed E-state index contributed by atoms with van der Waals surface area (Å²) in [6, 6.07) is 3.55. The highest BCUT2D eigenvalue weighted by Gasteiger charge is 2.24. The Morgan fingerprint density at radius 2 is 2.09 bits per heavy atom. The first-order valence-corrected chi connectivity index (χ1v) is 8.25. The van der Waals surface area contributed by atoms with Crippen LogP contribution in [0.15, 0.2) is 12.1 Å². The SMILES string of the molecule is CCOc1c(Cl)cc(C(=O)N[C@@H]2CCCC[C@H]2C)cc1OC. The maximum Gasteiger partial charge on any atom is 0.251 e. The molecule has 0 radical (unpaired) electrons. The van der Waals surface area contributed by atoms with E-state index in [1.165, 1.54) is 12.8 Å². The van der Waals surface area contributed by atoms with Gasteiger partial charge in [-0.1, -0.05) is 31.4 Å². The third-order valence-electron chi connectivity index (χ3n) is 4.21. The van der Waals surface area contributed by atoms with E-state index in [1.54, 1.807) is 19.2 Å². The van der Waals surface area contributed by atoms with Crippen LogP contribution in [0.25, 0.3) is 0 Å². The molecule has 22 heavy (non-hydrogen) atoms. The van der Waals surface area contributed by atoms with Gasteiger partial charge in [0.1, 0.15) is 0 Å². The zero-order chi connectivity index (χ0) is 16.1. The summed E-state index contributed by atoms with van der Waals surface area (Å²) in [7, 11) is 1.54. The third-order valence-corrected chi connectivity index (χ3v) is 4.49. The first-order valence-electron chi connectivity index (χ1n) is 7.88. The standard InChI is InChI=1S/C17H24ClNO3/c1-4-22-16-13(18)9-12(10-15(16)21-3)17(20)19-14-8-6-5-7-11(14)2/h9-11,14H,4-8H2,1-3H3,(H,19,20)/t11-,14-/m1/s1. The first kappa shape index (κ1) is 16.9. The van der Waals surface area contributed by atoms with Crippen molar-refractivity contribution in [3.8, 4) is 11.5 Å². The lowest BCUT2D eigenvalue weighted by molar-refractivity contribution is 0.0910. The van der Waals surface area contributed by atoms with Crippen LogP contribution in [0, 0.1) is 5.92 Å². The van der Waals surface area contributed by atoms with Crippen LogP contribution in [0.3, 0.4) is 0 Å². The summed E-state index contributed by atoms with van der Waals surface area (Å²) in [5, 5.41) is 3.51. The van der Waals surface area contributed by atoms with Gasteiger partial charge >= 0.3 is 0 Å². The van der Waals surface area contributed by atoms with Crippen molar-refractivity contribution in [3.05, 3.63) is 22.7 Å². The summed E-state index contributed by atoms with van der Waals surface area (Å²) in [5.74, 6) is 1.37. The number of carbonyl (C=O) groups is 1. The topological polar surface area (TPSA) is 47.6 Å². The van der Waals surface area contributed by atoms with E-state index in [4.69, 9.17) is 21.1 Å². The van der Waals surface area contributed by atoms with Gasteiger partial charge in [-0.15, -0.1) is 0 Å². The monoisotopic (exact) mass is 325 g/mol. The summed E-state index contributed by atoms with van der Waals surface area (Å²) in [6.07, 6.45) is 4.62. The summed E-state index contributed by atoms with van der Waals surface area (Å²) in [5.41, 5.74) is 0.503. The van der Waals surface area contributed by atoms with Crippen LogP contribution in [-0.4, -0.2) is 25.7 Å². The van der Waals surface area contributed by atoms with Gasteiger partial charge in [-0.05, 0) is 37.8 Å². The fourth-order valence-electron chi connectivity index (χ4n) is 2.92. The second-order valence-electron chi connectivity index (χ2n) is 5.76.